The highest BCUT2D eigenvalue weighted by molar-refractivity contribution is 5.98. The number of aromatic nitrogens is 4. The van der Waals surface area contributed by atoms with Gasteiger partial charge in [0.25, 0.3) is 5.91 Å². The van der Waals surface area contributed by atoms with Crippen molar-refractivity contribution in [2.45, 2.75) is 50.8 Å². The van der Waals surface area contributed by atoms with Gasteiger partial charge in [-0.3, -0.25) is 4.79 Å². The molecule has 2 aromatic heterocycles. The van der Waals surface area contributed by atoms with Crippen molar-refractivity contribution in [3.63, 3.8) is 0 Å². The number of nitrogens with zero attached hydrogens (tertiary/aromatic N) is 4. The fraction of sp³-hybridized carbons (Fsp3) is 0.333. The molecular weight excluding hydrogens is 475 g/mol. The predicted octanol–water partition coefficient (Wildman–Crippen LogP) is 4.02. The zero-order valence-electron chi connectivity index (χ0n) is 20.7. The molecule has 0 bridgehead atoms. The molecule has 1 aliphatic rings. The molecule has 192 valence electrons. The van der Waals surface area contributed by atoms with Crippen molar-refractivity contribution in [1.29, 1.82) is 0 Å². The molecule has 2 aromatic carbocycles. The number of fused-ring (bicyclic) bond motifs is 1. The second kappa shape index (κ2) is 9.78. The van der Waals surface area contributed by atoms with Crippen LogP contribution in [0.5, 0.6) is 5.75 Å². The van der Waals surface area contributed by atoms with Gasteiger partial charge in [-0.25, -0.2) is 19.0 Å². The molecule has 1 amide bonds. The van der Waals surface area contributed by atoms with Gasteiger partial charge in [0.2, 0.25) is 0 Å². The maximum absolute atomic E-state index is 13.6. The third-order valence-electron chi connectivity index (χ3n) is 6.88. The van der Waals surface area contributed by atoms with Gasteiger partial charge >= 0.3 is 0 Å². The van der Waals surface area contributed by atoms with Crippen LogP contribution in [0, 0.1) is 5.82 Å². The largest absolute Gasteiger partial charge is 0.496 e. The third kappa shape index (κ3) is 4.97. The number of nitrogens with two attached hydrogens (primary N) is 1. The molecule has 0 saturated heterocycles. The van der Waals surface area contributed by atoms with E-state index in [2.05, 4.69) is 15.3 Å². The van der Waals surface area contributed by atoms with Crippen LogP contribution in [0.2, 0.25) is 0 Å². The van der Waals surface area contributed by atoms with Gasteiger partial charge in [0.15, 0.2) is 5.65 Å². The number of nitrogens with one attached hydrogen (secondary N) is 1. The summed E-state index contributed by atoms with van der Waals surface area (Å²) in [6, 6.07) is 11.4. The fourth-order valence-corrected chi connectivity index (χ4v) is 5.01. The first-order valence-electron chi connectivity index (χ1n) is 12.2. The van der Waals surface area contributed by atoms with E-state index in [1.165, 1.54) is 25.6 Å². The number of ether oxygens (including phenoxy) is 1. The second-order valence-electron chi connectivity index (χ2n) is 9.72. The van der Waals surface area contributed by atoms with Crippen LogP contribution in [0.1, 0.15) is 54.6 Å². The van der Waals surface area contributed by atoms with E-state index < -0.39 is 17.3 Å². The minimum absolute atomic E-state index is 0.00333. The van der Waals surface area contributed by atoms with E-state index in [-0.39, 0.29) is 18.2 Å². The van der Waals surface area contributed by atoms with E-state index >= 15 is 0 Å². The Kier molecular flexibility index (Phi) is 6.51. The number of anilines is 1. The van der Waals surface area contributed by atoms with Crippen molar-refractivity contribution in [2.24, 2.45) is 0 Å². The summed E-state index contributed by atoms with van der Waals surface area (Å²) in [5, 5.41) is 19.0. The number of hydrogen-bond donors (Lipinski definition) is 3. The van der Waals surface area contributed by atoms with Crippen LogP contribution in [0.15, 0.2) is 48.8 Å². The Morgan fingerprint density at radius 2 is 2.05 bits per heavy atom. The molecule has 2 unspecified atom stereocenters. The van der Waals surface area contributed by atoms with Crippen molar-refractivity contribution in [1.82, 2.24) is 25.1 Å². The highest BCUT2D eigenvalue weighted by Crippen LogP contribution is 2.39. The Balaban J connectivity index is 1.39. The van der Waals surface area contributed by atoms with Gasteiger partial charge in [0.1, 0.15) is 29.4 Å². The van der Waals surface area contributed by atoms with E-state index in [1.54, 1.807) is 0 Å². The normalized spacial score (nSPS) is 19.6. The molecule has 0 aliphatic heterocycles. The van der Waals surface area contributed by atoms with Crippen molar-refractivity contribution >= 4 is 22.8 Å². The van der Waals surface area contributed by atoms with E-state index in [1.807, 2.05) is 35.9 Å². The summed E-state index contributed by atoms with van der Waals surface area (Å²) >= 11 is 0. The molecule has 2 atom stereocenters. The number of hydrogen-bond acceptors (Lipinski definition) is 7. The van der Waals surface area contributed by atoms with Crippen LogP contribution in [0.25, 0.3) is 22.3 Å². The van der Waals surface area contributed by atoms with Crippen LogP contribution in [-0.4, -0.2) is 43.5 Å². The average molecular weight is 505 g/mol. The Hall–Kier alpha value is -4.05. The molecule has 1 saturated carbocycles. The van der Waals surface area contributed by atoms with E-state index in [4.69, 9.17) is 15.6 Å². The minimum atomic E-state index is -0.748. The van der Waals surface area contributed by atoms with Crippen molar-refractivity contribution in [2.75, 3.05) is 12.8 Å². The monoisotopic (exact) mass is 504 g/mol. The Bertz CT molecular complexity index is 1450. The van der Waals surface area contributed by atoms with Crippen LogP contribution in [-0.2, 0) is 6.54 Å². The van der Waals surface area contributed by atoms with Crippen molar-refractivity contribution < 1.29 is 19.0 Å². The van der Waals surface area contributed by atoms with Crippen LogP contribution >= 0.6 is 0 Å². The standard InChI is InChI=1S/C27H29FN6O3/c1-27(36)11-3-4-19(13-27)34-25-22(24(29)31-15-32-25)23(33-34)17-7-5-16(6-8-17)14-30-26(35)20-12-18(28)9-10-21(20)37-2/h5-10,12,15,19,36H,3-4,11,13-14H2,1-2H3,(H,30,35)(H2,29,31,32). The van der Waals surface area contributed by atoms with Gasteiger partial charge in [-0.05, 0) is 56.4 Å². The first-order chi connectivity index (χ1) is 17.8. The summed E-state index contributed by atoms with van der Waals surface area (Å²) < 4.78 is 20.7. The third-order valence-corrected chi connectivity index (χ3v) is 6.88. The lowest BCUT2D eigenvalue weighted by atomic mass is 9.83. The summed E-state index contributed by atoms with van der Waals surface area (Å²) in [7, 11) is 1.43. The Morgan fingerprint density at radius 3 is 2.78 bits per heavy atom. The first-order valence-corrected chi connectivity index (χ1v) is 12.2. The van der Waals surface area contributed by atoms with Gasteiger partial charge in [-0.2, -0.15) is 5.10 Å². The quantitative estimate of drug-likeness (QED) is 0.362. The van der Waals surface area contributed by atoms with E-state index in [0.717, 1.165) is 36.5 Å². The van der Waals surface area contributed by atoms with Gasteiger partial charge in [-0.15, -0.1) is 0 Å². The summed E-state index contributed by atoms with van der Waals surface area (Å²) in [5.41, 5.74) is 8.63. The number of aliphatic hydroxyl groups is 1. The van der Waals surface area contributed by atoms with Crippen molar-refractivity contribution in [3.8, 4) is 17.0 Å². The molecule has 2 heterocycles. The van der Waals surface area contributed by atoms with Crippen LogP contribution in [0.3, 0.4) is 0 Å². The number of rotatable bonds is 6. The number of benzene rings is 2. The van der Waals surface area contributed by atoms with Gasteiger partial charge in [-0.1, -0.05) is 24.3 Å². The zero-order valence-corrected chi connectivity index (χ0v) is 20.7. The predicted molar refractivity (Wildman–Crippen MR) is 137 cm³/mol. The summed E-state index contributed by atoms with van der Waals surface area (Å²) in [4.78, 5) is 21.3. The van der Waals surface area contributed by atoms with Crippen LogP contribution < -0.4 is 15.8 Å². The molecule has 4 aromatic rings. The minimum Gasteiger partial charge on any atom is -0.496 e. The Morgan fingerprint density at radius 1 is 1.27 bits per heavy atom. The second-order valence-corrected chi connectivity index (χ2v) is 9.72. The van der Waals surface area contributed by atoms with E-state index in [0.29, 0.717) is 34.7 Å². The SMILES string of the molecule is COc1ccc(F)cc1C(=O)NCc1ccc(-c2nn(C3CCCC(C)(O)C3)c3ncnc(N)c23)cc1. The summed E-state index contributed by atoms with van der Waals surface area (Å²) in [6.07, 6.45) is 4.57. The summed E-state index contributed by atoms with van der Waals surface area (Å²) in [6.45, 7) is 2.10. The lowest BCUT2D eigenvalue weighted by Crippen LogP contribution is -2.33. The smallest absolute Gasteiger partial charge is 0.255 e. The molecule has 4 N–H and O–H groups in total. The number of carbonyl (C=O) groups excluding carboxylic acids is 1. The van der Waals surface area contributed by atoms with Gasteiger partial charge in [0.05, 0.1) is 29.7 Å². The fourth-order valence-electron chi connectivity index (χ4n) is 5.01. The van der Waals surface area contributed by atoms with Gasteiger partial charge < -0.3 is 20.9 Å². The molecule has 1 fully saturated rings. The average Bonchev–Trinajstić information content (AvgIpc) is 3.28. The van der Waals surface area contributed by atoms with Gasteiger partial charge in [0, 0.05) is 12.1 Å². The van der Waals surface area contributed by atoms with E-state index in [9.17, 15) is 14.3 Å². The lowest BCUT2D eigenvalue weighted by molar-refractivity contribution is 0.00253. The molecule has 0 spiro atoms. The molecule has 10 heteroatoms. The topological polar surface area (TPSA) is 128 Å². The molecule has 5 rings (SSSR count). The number of halogens is 1. The lowest BCUT2D eigenvalue weighted by Gasteiger charge is -2.34. The zero-order chi connectivity index (χ0) is 26.2. The molecule has 37 heavy (non-hydrogen) atoms. The van der Waals surface area contributed by atoms with Crippen LogP contribution in [0.4, 0.5) is 10.2 Å². The first kappa shape index (κ1) is 24.6. The summed E-state index contributed by atoms with van der Waals surface area (Å²) in [5.74, 6) is -0.300. The Labute approximate surface area is 213 Å². The maximum Gasteiger partial charge on any atom is 0.255 e. The molecule has 1 aliphatic carbocycles. The maximum atomic E-state index is 13.6. The van der Waals surface area contributed by atoms with Crippen molar-refractivity contribution in [3.05, 3.63) is 65.7 Å². The molecular formula is C27H29FN6O3. The number of amides is 1. The number of nitrogen functional groups attached to an aromatic ring is 1. The number of carbonyl (C=O) groups is 1. The molecule has 0 radical (unpaired) electrons. The molecule has 9 nitrogen and oxygen atoms in total. The highest BCUT2D eigenvalue weighted by atomic mass is 19.1. The number of methoxy groups -OCH3 is 1. The highest BCUT2D eigenvalue weighted by Gasteiger charge is 2.33.